The van der Waals surface area contributed by atoms with E-state index >= 15 is 0 Å². The van der Waals surface area contributed by atoms with Gasteiger partial charge >= 0.3 is 0 Å². The summed E-state index contributed by atoms with van der Waals surface area (Å²) >= 11 is 0. The molecule has 0 aliphatic carbocycles. The highest BCUT2D eigenvalue weighted by molar-refractivity contribution is 5.85. The molecule has 2 rings (SSSR count). The Bertz CT molecular complexity index is 388. The number of hydrogen-bond acceptors (Lipinski definition) is 1. The van der Waals surface area contributed by atoms with Crippen LogP contribution in [0, 0.1) is 0 Å². The summed E-state index contributed by atoms with van der Waals surface area (Å²) in [6, 6.07) is 14.5. The van der Waals surface area contributed by atoms with E-state index in [9.17, 15) is 0 Å². The molecule has 0 saturated carbocycles. The molecule has 2 aromatic rings. The van der Waals surface area contributed by atoms with E-state index in [1.54, 1.807) is 0 Å². The minimum Gasteiger partial charge on any atom is -0.326 e. The summed E-state index contributed by atoms with van der Waals surface area (Å²) in [6.45, 7) is 4.61. The van der Waals surface area contributed by atoms with Crippen molar-refractivity contribution in [3.05, 3.63) is 48.0 Å². The molecule has 0 heterocycles. The maximum atomic E-state index is 5.62. The second kappa shape index (κ2) is 5.40. The van der Waals surface area contributed by atoms with Crippen molar-refractivity contribution in [2.45, 2.75) is 20.4 Å². The van der Waals surface area contributed by atoms with Crippen LogP contribution in [0.5, 0.6) is 0 Å². The fourth-order valence-corrected chi connectivity index (χ4v) is 1.47. The van der Waals surface area contributed by atoms with Crippen LogP contribution < -0.4 is 5.73 Å². The van der Waals surface area contributed by atoms with Crippen molar-refractivity contribution in [1.29, 1.82) is 0 Å². The standard InChI is InChI=1S/C11H11N.C2H6/c12-8-10-6-3-5-9-4-1-2-7-11(9)10;1-2/h1-7H,8,12H2;1-2H3. The number of fused-ring (bicyclic) bond motifs is 1. The smallest absolute Gasteiger partial charge is 0.0184 e. The third-order valence-electron chi connectivity index (χ3n) is 2.10. The zero-order valence-electron chi connectivity index (χ0n) is 8.83. The largest absolute Gasteiger partial charge is 0.326 e. The molecule has 0 unspecified atom stereocenters. The SMILES string of the molecule is CC.NCc1cccc2ccccc12. The lowest BCUT2D eigenvalue weighted by Gasteiger charge is -2.02. The predicted octanol–water partition coefficient (Wildman–Crippen LogP) is 3.32. The van der Waals surface area contributed by atoms with Crippen LogP contribution in [0.4, 0.5) is 0 Å². The molecule has 0 aliphatic heterocycles. The molecule has 0 aliphatic rings. The van der Waals surface area contributed by atoms with Gasteiger partial charge in [-0.15, -0.1) is 0 Å². The Morgan fingerprint density at radius 2 is 1.57 bits per heavy atom. The zero-order valence-corrected chi connectivity index (χ0v) is 8.83. The number of benzene rings is 2. The lowest BCUT2D eigenvalue weighted by atomic mass is 10.1. The molecule has 1 nitrogen and oxygen atoms in total. The normalized spacial score (nSPS) is 9.36. The molecule has 0 saturated heterocycles. The summed E-state index contributed by atoms with van der Waals surface area (Å²) in [4.78, 5) is 0. The zero-order chi connectivity index (χ0) is 10.4. The van der Waals surface area contributed by atoms with Gasteiger partial charge in [0.15, 0.2) is 0 Å². The van der Waals surface area contributed by atoms with Crippen LogP contribution in [0.2, 0.25) is 0 Å². The molecule has 14 heavy (non-hydrogen) atoms. The van der Waals surface area contributed by atoms with E-state index in [0.717, 1.165) is 0 Å². The van der Waals surface area contributed by atoms with Gasteiger partial charge in [-0.05, 0) is 16.3 Å². The second-order valence-corrected chi connectivity index (χ2v) is 2.84. The van der Waals surface area contributed by atoms with Gasteiger partial charge in [-0.1, -0.05) is 56.3 Å². The van der Waals surface area contributed by atoms with E-state index < -0.39 is 0 Å². The number of rotatable bonds is 1. The van der Waals surface area contributed by atoms with Gasteiger partial charge in [0.25, 0.3) is 0 Å². The van der Waals surface area contributed by atoms with Crippen molar-refractivity contribution in [1.82, 2.24) is 0 Å². The van der Waals surface area contributed by atoms with E-state index in [4.69, 9.17) is 5.73 Å². The molecule has 1 heteroatoms. The number of hydrogen-bond donors (Lipinski definition) is 1. The Balaban J connectivity index is 0.000000461. The van der Waals surface area contributed by atoms with E-state index in [-0.39, 0.29) is 0 Å². The van der Waals surface area contributed by atoms with Gasteiger partial charge in [0.05, 0.1) is 0 Å². The van der Waals surface area contributed by atoms with Crippen LogP contribution >= 0.6 is 0 Å². The summed E-state index contributed by atoms with van der Waals surface area (Å²) in [5.41, 5.74) is 6.83. The Kier molecular flexibility index (Phi) is 4.14. The van der Waals surface area contributed by atoms with Gasteiger partial charge in [0.1, 0.15) is 0 Å². The van der Waals surface area contributed by atoms with Crippen LogP contribution in [0.1, 0.15) is 19.4 Å². The van der Waals surface area contributed by atoms with Crippen molar-refractivity contribution >= 4 is 10.8 Å². The van der Waals surface area contributed by atoms with Gasteiger partial charge in [-0.3, -0.25) is 0 Å². The van der Waals surface area contributed by atoms with Crippen molar-refractivity contribution in [2.24, 2.45) is 5.73 Å². The lowest BCUT2D eigenvalue weighted by molar-refractivity contribution is 1.09. The van der Waals surface area contributed by atoms with Crippen LogP contribution in [0.15, 0.2) is 42.5 Å². The van der Waals surface area contributed by atoms with Gasteiger partial charge in [-0.25, -0.2) is 0 Å². The lowest BCUT2D eigenvalue weighted by Crippen LogP contribution is -1.96. The molecule has 0 fully saturated rings. The van der Waals surface area contributed by atoms with E-state index in [1.807, 2.05) is 32.0 Å². The molecule has 0 atom stereocenters. The first-order chi connectivity index (χ1) is 6.92. The molecule has 0 aromatic heterocycles. The predicted molar refractivity (Wildman–Crippen MR) is 63.2 cm³/mol. The van der Waals surface area contributed by atoms with Gasteiger partial charge in [0, 0.05) is 6.54 Å². The first-order valence-electron chi connectivity index (χ1n) is 5.08. The molecular weight excluding hydrogens is 170 g/mol. The highest BCUT2D eigenvalue weighted by atomic mass is 14.5. The van der Waals surface area contributed by atoms with Crippen LogP contribution in [-0.4, -0.2) is 0 Å². The monoisotopic (exact) mass is 187 g/mol. The summed E-state index contributed by atoms with van der Waals surface area (Å²) in [5, 5.41) is 2.53. The van der Waals surface area contributed by atoms with E-state index in [2.05, 4.69) is 24.3 Å². The van der Waals surface area contributed by atoms with Crippen LogP contribution in [0.25, 0.3) is 10.8 Å². The minimum absolute atomic E-state index is 0.612. The van der Waals surface area contributed by atoms with E-state index in [1.165, 1.54) is 16.3 Å². The van der Waals surface area contributed by atoms with Gasteiger partial charge in [0.2, 0.25) is 0 Å². The topological polar surface area (TPSA) is 26.0 Å². The molecule has 2 aromatic carbocycles. The molecule has 0 amide bonds. The van der Waals surface area contributed by atoms with Crippen molar-refractivity contribution in [2.75, 3.05) is 0 Å². The van der Waals surface area contributed by atoms with Crippen LogP contribution in [-0.2, 0) is 6.54 Å². The third kappa shape index (κ3) is 2.12. The second-order valence-electron chi connectivity index (χ2n) is 2.84. The summed E-state index contributed by atoms with van der Waals surface area (Å²) in [5.74, 6) is 0. The van der Waals surface area contributed by atoms with Gasteiger partial charge in [-0.2, -0.15) is 0 Å². The average Bonchev–Trinajstić information content (AvgIpc) is 2.31. The Morgan fingerprint density at radius 3 is 2.29 bits per heavy atom. The Morgan fingerprint density at radius 1 is 0.929 bits per heavy atom. The fourth-order valence-electron chi connectivity index (χ4n) is 1.47. The highest BCUT2D eigenvalue weighted by Crippen LogP contribution is 2.17. The summed E-state index contributed by atoms with van der Waals surface area (Å²) in [7, 11) is 0. The van der Waals surface area contributed by atoms with Crippen LogP contribution in [0.3, 0.4) is 0 Å². The van der Waals surface area contributed by atoms with Crippen molar-refractivity contribution in [3.8, 4) is 0 Å². The fraction of sp³-hybridized carbons (Fsp3) is 0.231. The first kappa shape index (κ1) is 10.7. The minimum atomic E-state index is 0.612. The molecule has 0 radical (unpaired) electrons. The third-order valence-corrected chi connectivity index (χ3v) is 2.10. The molecule has 74 valence electrons. The quantitative estimate of drug-likeness (QED) is 0.728. The molecule has 0 spiro atoms. The molecular formula is C13H17N. The van der Waals surface area contributed by atoms with Gasteiger partial charge < -0.3 is 5.73 Å². The van der Waals surface area contributed by atoms with Crippen molar-refractivity contribution in [3.63, 3.8) is 0 Å². The molecule has 0 bridgehead atoms. The maximum absolute atomic E-state index is 5.62. The summed E-state index contributed by atoms with van der Waals surface area (Å²) in [6.07, 6.45) is 0. The van der Waals surface area contributed by atoms with E-state index in [0.29, 0.717) is 6.54 Å². The molecule has 2 N–H and O–H groups in total. The Labute approximate surface area is 85.6 Å². The number of nitrogens with two attached hydrogens (primary N) is 1. The first-order valence-corrected chi connectivity index (χ1v) is 5.08. The highest BCUT2D eigenvalue weighted by Gasteiger charge is 1.95. The average molecular weight is 187 g/mol. The summed E-state index contributed by atoms with van der Waals surface area (Å²) < 4.78 is 0. The maximum Gasteiger partial charge on any atom is 0.0184 e. The van der Waals surface area contributed by atoms with Crippen molar-refractivity contribution < 1.29 is 0 Å². The Hall–Kier alpha value is -1.34.